The van der Waals surface area contributed by atoms with Crippen LogP contribution in [-0.4, -0.2) is 55.0 Å². The number of thiophene rings is 1. The highest BCUT2D eigenvalue weighted by atomic mass is 32.1. The van der Waals surface area contributed by atoms with Gasteiger partial charge in [0.1, 0.15) is 24.7 Å². The van der Waals surface area contributed by atoms with Crippen LogP contribution < -0.4 is 9.47 Å². The minimum atomic E-state index is -0.193. The molecule has 2 amide bonds. The molecular formula is C30H36N2O4S. The molecule has 0 N–H and O–H groups in total. The number of ether oxygens (including phenoxy) is 2. The van der Waals surface area contributed by atoms with Gasteiger partial charge in [0.05, 0.1) is 13.2 Å². The van der Waals surface area contributed by atoms with Crippen molar-refractivity contribution in [3.8, 4) is 11.5 Å². The molecule has 4 rings (SSSR count). The Labute approximate surface area is 223 Å². The van der Waals surface area contributed by atoms with Crippen LogP contribution in [0.15, 0.2) is 60.0 Å². The summed E-state index contributed by atoms with van der Waals surface area (Å²) >= 11 is 1.73. The molecule has 2 atom stereocenters. The highest BCUT2D eigenvalue weighted by Crippen LogP contribution is 2.34. The fraction of sp³-hybridized carbons (Fsp3) is 0.400. The molecule has 6 nitrogen and oxygen atoms in total. The molecule has 0 spiro atoms. The lowest BCUT2D eigenvalue weighted by molar-refractivity contribution is -0.135. The zero-order chi connectivity index (χ0) is 26.4. The van der Waals surface area contributed by atoms with Crippen molar-refractivity contribution < 1.29 is 19.1 Å². The van der Waals surface area contributed by atoms with Gasteiger partial charge in [-0.3, -0.25) is 9.59 Å². The van der Waals surface area contributed by atoms with Crippen LogP contribution in [0.25, 0.3) is 0 Å². The lowest BCUT2D eigenvalue weighted by Crippen LogP contribution is -2.48. The van der Waals surface area contributed by atoms with E-state index in [0.29, 0.717) is 31.0 Å². The molecule has 196 valence electrons. The Hall–Kier alpha value is -3.32. The minimum Gasteiger partial charge on any atom is -0.497 e. The van der Waals surface area contributed by atoms with Gasteiger partial charge in [-0.2, -0.15) is 0 Å². The maximum absolute atomic E-state index is 13.8. The number of benzene rings is 2. The van der Waals surface area contributed by atoms with Crippen LogP contribution in [0.3, 0.4) is 0 Å². The first-order valence-electron chi connectivity index (χ1n) is 12.9. The summed E-state index contributed by atoms with van der Waals surface area (Å²) in [6.07, 6.45) is 1.74. The first kappa shape index (κ1) is 26.7. The van der Waals surface area contributed by atoms with Crippen molar-refractivity contribution >= 4 is 23.2 Å². The van der Waals surface area contributed by atoms with Crippen LogP contribution in [0, 0.1) is 12.8 Å². The van der Waals surface area contributed by atoms with Crippen molar-refractivity contribution in [2.75, 3.05) is 33.4 Å². The number of nitrogens with zero attached hydrogens (tertiary/aromatic N) is 2. The molecule has 3 aromatic rings. The Kier molecular flexibility index (Phi) is 8.87. The molecule has 0 saturated carbocycles. The van der Waals surface area contributed by atoms with E-state index in [-0.39, 0.29) is 30.3 Å². The second-order valence-electron chi connectivity index (χ2n) is 9.71. The van der Waals surface area contributed by atoms with E-state index in [4.69, 9.17) is 9.47 Å². The molecule has 0 saturated heterocycles. The van der Waals surface area contributed by atoms with Crippen LogP contribution in [-0.2, 0) is 11.2 Å². The Balaban J connectivity index is 1.54. The molecule has 0 radical (unpaired) electrons. The lowest BCUT2D eigenvalue weighted by atomic mass is 10.00. The lowest BCUT2D eigenvalue weighted by Gasteiger charge is -2.37. The van der Waals surface area contributed by atoms with E-state index in [1.54, 1.807) is 41.5 Å². The molecule has 0 unspecified atom stereocenters. The normalized spacial score (nSPS) is 15.6. The quantitative estimate of drug-likeness (QED) is 0.341. The monoisotopic (exact) mass is 520 g/mol. The maximum atomic E-state index is 13.8. The molecular weight excluding hydrogens is 484 g/mol. The molecule has 1 aliphatic rings. The van der Waals surface area contributed by atoms with E-state index in [1.807, 2.05) is 42.2 Å². The fourth-order valence-electron chi connectivity index (χ4n) is 4.60. The smallest absolute Gasteiger partial charge is 0.254 e. The number of methoxy groups -OCH3 is 1. The van der Waals surface area contributed by atoms with E-state index in [1.165, 1.54) is 10.4 Å². The molecule has 2 aromatic carbocycles. The predicted molar refractivity (Wildman–Crippen MR) is 148 cm³/mol. The molecule has 0 bridgehead atoms. The van der Waals surface area contributed by atoms with Crippen molar-refractivity contribution in [1.82, 2.24) is 9.80 Å². The first-order valence-corrected chi connectivity index (χ1v) is 13.8. The third-order valence-electron chi connectivity index (χ3n) is 7.00. The summed E-state index contributed by atoms with van der Waals surface area (Å²) in [4.78, 5) is 32.2. The second kappa shape index (κ2) is 12.3. The zero-order valence-corrected chi connectivity index (χ0v) is 22.9. The highest BCUT2D eigenvalue weighted by Gasteiger charge is 2.34. The summed E-state index contributed by atoms with van der Waals surface area (Å²) < 4.78 is 11.5. The fourth-order valence-corrected chi connectivity index (χ4v) is 5.53. The summed E-state index contributed by atoms with van der Waals surface area (Å²) in [6.45, 7) is 7.77. The van der Waals surface area contributed by atoms with Crippen molar-refractivity contribution in [3.63, 3.8) is 0 Å². The van der Waals surface area contributed by atoms with Gasteiger partial charge in [-0.15, -0.1) is 11.3 Å². The summed E-state index contributed by atoms with van der Waals surface area (Å²) in [5.41, 5.74) is 2.84. The Morgan fingerprint density at radius 1 is 1.14 bits per heavy atom. The first-order chi connectivity index (χ1) is 17.9. The van der Waals surface area contributed by atoms with Crippen LogP contribution in [0.2, 0.25) is 0 Å². The van der Waals surface area contributed by atoms with E-state index in [9.17, 15) is 9.59 Å². The minimum absolute atomic E-state index is 0.0287. The molecule has 1 aliphatic heterocycles. The Bertz CT molecular complexity index is 1210. The second-order valence-corrected chi connectivity index (χ2v) is 10.7. The maximum Gasteiger partial charge on any atom is 0.254 e. The van der Waals surface area contributed by atoms with Crippen LogP contribution >= 0.6 is 11.3 Å². The number of hydrogen-bond donors (Lipinski definition) is 0. The molecule has 2 heterocycles. The standard InChI is InChI=1S/C30H36N2O4S/c1-5-21(2)18-31(30(34)23-7-6-8-25(17-23)35-4)19-29(33)32-15-13-28-26(14-16-37-28)27(32)20-36-24-11-9-22(3)10-12-24/h6-12,14,16-17,21,27H,5,13,15,18-20H2,1-4H3/t21-,27-/m0/s1. The number of aryl methyl sites for hydroxylation is 1. The van der Waals surface area contributed by atoms with Gasteiger partial charge in [-0.25, -0.2) is 0 Å². The summed E-state index contributed by atoms with van der Waals surface area (Å²) in [7, 11) is 1.58. The molecule has 0 fully saturated rings. The van der Waals surface area contributed by atoms with Crippen molar-refractivity contribution in [2.45, 2.75) is 39.7 Å². The molecule has 37 heavy (non-hydrogen) atoms. The highest BCUT2D eigenvalue weighted by molar-refractivity contribution is 7.10. The molecule has 0 aliphatic carbocycles. The van der Waals surface area contributed by atoms with Gasteiger partial charge < -0.3 is 19.3 Å². The average Bonchev–Trinajstić information content (AvgIpc) is 3.41. The van der Waals surface area contributed by atoms with Crippen LogP contribution in [0.1, 0.15) is 52.7 Å². The van der Waals surface area contributed by atoms with Crippen LogP contribution in [0.5, 0.6) is 11.5 Å². The average molecular weight is 521 g/mol. The largest absolute Gasteiger partial charge is 0.497 e. The van der Waals surface area contributed by atoms with Gasteiger partial charge in [0.2, 0.25) is 5.91 Å². The Morgan fingerprint density at radius 3 is 2.65 bits per heavy atom. The van der Waals surface area contributed by atoms with Gasteiger partial charge in [0.15, 0.2) is 0 Å². The number of amides is 2. The van der Waals surface area contributed by atoms with Gasteiger partial charge in [-0.1, -0.05) is 44.0 Å². The topological polar surface area (TPSA) is 59.1 Å². The van der Waals surface area contributed by atoms with E-state index in [2.05, 4.69) is 25.3 Å². The SMILES string of the molecule is CC[C@H](C)CN(CC(=O)N1CCc2sccc2[C@@H]1COc1ccc(C)cc1)C(=O)c1cccc(OC)c1. The third kappa shape index (κ3) is 6.52. The number of rotatable bonds is 10. The van der Waals surface area contributed by atoms with E-state index in [0.717, 1.165) is 24.2 Å². The van der Waals surface area contributed by atoms with Crippen molar-refractivity contribution in [3.05, 3.63) is 81.5 Å². The van der Waals surface area contributed by atoms with E-state index < -0.39 is 0 Å². The molecule has 7 heteroatoms. The summed E-state index contributed by atoms with van der Waals surface area (Å²) in [5.74, 6) is 1.46. The zero-order valence-electron chi connectivity index (χ0n) is 22.1. The predicted octanol–water partition coefficient (Wildman–Crippen LogP) is 5.76. The van der Waals surface area contributed by atoms with Crippen LogP contribution in [0.4, 0.5) is 0 Å². The summed E-state index contributed by atoms with van der Waals surface area (Å²) in [6, 6.07) is 17.0. The number of fused-ring (bicyclic) bond motifs is 1. The number of carbonyl (C=O) groups excluding carboxylic acids is 2. The van der Waals surface area contributed by atoms with Gasteiger partial charge >= 0.3 is 0 Å². The molecule has 1 aromatic heterocycles. The number of carbonyl (C=O) groups is 2. The van der Waals surface area contributed by atoms with Gasteiger partial charge in [0, 0.05) is 23.5 Å². The summed E-state index contributed by atoms with van der Waals surface area (Å²) in [5, 5.41) is 2.08. The van der Waals surface area contributed by atoms with Gasteiger partial charge in [0.25, 0.3) is 5.91 Å². The van der Waals surface area contributed by atoms with E-state index >= 15 is 0 Å². The Morgan fingerprint density at radius 2 is 1.92 bits per heavy atom. The van der Waals surface area contributed by atoms with Gasteiger partial charge in [-0.05, 0) is 66.6 Å². The number of hydrogen-bond acceptors (Lipinski definition) is 5. The van der Waals surface area contributed by atoms with Crippen molar-refractivity contribution in [2.24, 2.45) is 5.92 Å². The van der Waals surface area contributed by atoms with Crippen molar-refractivity contribution in [1.29, 1.82) is 0 Å². The third-order valence-corrected chi connectivity index (χ3v) is 8.00.